The lowest BCUT2D eigenvalue weighted by atomic mass is 10.0. The summed E-state index contributed by atoms with van der Waals surface area (Å²) in [5, 5.41) is 0. The molecule has 79 heavy (non-hydrogen) atoms. The number of allylic oxidation sites excluding steroid dienone is 10. The number of hydrogen-bond donors (Lipinski definition) is 0. The molecule has 1 unspecified atom stereocenters. The van der Waals surface area contributed by atoms with Gasteiger partial charge in [0.25, 0.3) is 0 Å². The Morgan fingerprint density at radius 2 is 0.494 bits per heavy atom. The number of ether oxygens (including phenoxy) is 3. The Hall–Kier alpha value is -2.89. The molecular weight excluding hydrogens is 973 g/mol. The van der Waals surface area contributed by atoms with Gasteiger partial charge >= 0.3 is 17.9 Å². The van der Waals surface area contributed by atoms with Gasteiger partial charge < -0.3 is 14.2 Å². The predicted octanol–water partition coefficient (Wildman–Crippen LogP) is 23.9. The number of carbonyl (C=O) groups excluding carboxylic acids is 3. The van der Waals surface area contributed by atoms with Crippen LogP contribution < -0.4 is 0 Å². The Balaban J connectivity index is 4.23. The van der Waals surface area contributed by atoms with Gasteiger partial charge in [-0.3, -0.25) is 14.4 Å². The van der Waals surface area contributed by atoms with Crippen LogP contribution in [0.1, 0.15) is 367 Å². The summed E-state index contributed by atoms with van der Waals surface area (Å²) < 4.78 is 16.9. The Labute approximate surface area is 491 Å². The highest BCUT2D eigenvalue weighted by Crippen LogP contribution is 2.18. The Morgan fingerprint density at radius 3 is 0.810 bits per heavy atom. The summed E-state index contributed by atoms with van der Waals surface area (Å²) in [7, 11) is 0. The number of carbonyl (C=O) groups is 3. The molecule has 0 aromatic carbocycles. The van der Waals surface area contributed by atoms with E-state index in [1.807, 2.05) is 0 Å². The molecule has 0 saturated heterocycles. The third-order valence-electron chi connectivity index (χ3n) is 15.5. The third-order valence-corrected chi connectivity index (χ3v) is 15.5. The molecule has 0 bridgehead atoms. The number of esters is 3. The average Bonchev–Trinajstić information content (AvgIpc) is 3.45. The SMILES string of the molecule is CC/C=C\C/C=C\C/C=C\C/C=C\CCCCC(=O)OCC(COC(=O)CCCCCCCCCCCCCCCCCCC/C=C\CCCCCCCCCC)OC(=O)CCCCCCCCCCCCCCCCCCC. The van der Waals surface area contributed by atoms with Gasteiger partial charge in [-0.15, -0.1) is 0 Å². The summed E-state index contributed by atoms with van der Waals surface area (Å²) in [5.74, 6) is -0.903. The zero-order chi connectivity index (χ0) is 57.1. The molecule has 0 N–H and O–H groups in total. The second-order valence-electron chi connectivity index (χ2n) is 23.4. The fourth-order valence-electron chi connectivity index (χ4n) is 10.3. The van der Waals surface area contributed by atoms with Crippen LogP contribution in [-0.2, 0) is 28.6 Å². The van der Waals surface area contributed by atoms with Crippen LogP contribution >= 0.6 is 0 Å². The third kappa shape index (κ3) is 65.8. The summed E-state index contributed by atoms with van der Waals surface area (Å²) in [6.07, 6.45) is 86.9. The highest BCUT2D eigenvalue weighted by molar-refractivity contribution is 5.71. The van der Waals surface area contributed by atoms with Crippen molar-refractivity contribution < 1.29 is 28.6 Å². The van der Waals surface area contributed by atoms with E-state index in [0.29, 0.717) is 19.3 Å². The lowest BCUT2D eigenvalue weighted by Crippen LogP contribution is -2.30. The molecule has 6 heteroatoms. The first kappa shape index (κ1) is 76.1. The lowest BCUT2D eigenvalue weighted by Gasteiger charge is -2.18. The van der Waals surface area contributed by atoms with Gasteiger partial charge in [0, 0.05) is 19.3 Å². The summed E-state index contributed by atoms with van der Waals surface area (Å²) >= 11 is 0. The summed E-state index contributed by atoms with van der Waals surface area (Å²) in [5.41, 5.74) is 0. The molecule has 6 nitrogen and oxygen atoms in total. The quantitative estimate of drug-likeness (QED) is 0.0261. The van der Waals surface area contributed by atoms with E-state index < -0.39 is 6.10 Å². The fraction of sp³-hybridized carbons (Fsp3) is 0.822. The van der Waals surface area contributed by atoms with Crippen molar-refractivity contribution in [3.63, 3.8) is 0 Å². The Bertz CT molecular complexity index is 1410. The maximum Gasteiger partial charge on any atom is 0.306 e. The molecule has 0 heterocycles. The zero-order valence-corrected chi connectivity index (χ0v) is 52.9. The average molecular weight is 1110 g/mol. The molecule has 0 aliphatic heterocycles. The largest absolute Gasteiger partial charge is 0.462 e. The van der Waals surface area contributed by atoms with Crippen molar-refractivity contribution in [2.24, 2.45) is 0 Å². The van der Waals surface area contributed by atoms with Crippen molar-refractivity contribution in [3.05, 3.63) is 60.8 Å². The molecule has 0 amide bonds. The van der Waals surface area contributed by atoms with Gasteiger partial charge in [0.2, 0.25) is 0 Å². The molecule has 0 aliphatic carbocycles. The maximum atomic E-state index is 12.9. The highest BCUT2D eigenvalue weighted by Gasteiger charge is 2.19. The van der Waals surface area contributed by atoms with Crippen LogP contribution in [0.15, 0.2) is 60.8 Å². The summed E-state index contributed by atoms with van der Waals surface area (Å²) in [6.45, 7) is 6.55. The van der Waals surface area contributed by atoms with E-state index in [9.17, 15) is 14.4 Å². The molecule has 0 radical (unpaired) electrons. The van der Waals surface area contributed by atoms with Crippen LogP contribution in [0.25, 0.3) is 0 Å². The molecule has 0 fully saturated rings. The van der Waals surface area contributed by atoms with Gasteiger partial charge in [0.1, 0.15) is 13.2 Å². The molecular formula is C73H132O6. The zero-order valence-electron chi connectivity index (χ0n) is 52.9. The Kier molecular flexibility index (Phi) is 65.1. The minimum atomic E-state index is -0.790. The molecule has 460 valence electrons. The van der Waals surface area contributed by atoms with Gasteiger partial charge in [0.15, 0.2) is 6.10 Å². The predicted molar refractivity (Wildman–Crippen MR) is 344 cm³/mol. The first-order chi connectivity index (χ1) is 39.0. The van der Waals surface area contributed by atoms with Crippen molar-refractivity contribution in [2.75, 3.05) is 13.2 Å². The van der Waals surface area contributed by atoms with E-state index >= 15 is 0 Å². The lowest BCUT2D eigenvalue weighted by molar-refractivity contribution is -0.167. The smallest absolute Gasteiger partial charge is 0.306 e. The van der Waals surface area contributed by atoms with Crippen molar-refractivity contribution in [3.8, 4) is 0 Å². The van der Waals surface area contributed by atoms with E-state index in [-0.39, 0.29) is 31.1 Å². The van der Waals surface area contributed by atoms with Crippen molar-refractivity contribution >= 4 is 17.9 Å². The number of unbranched alkanes of at least 4 members (excludes halogenated alkanes) is 43. The first-order valence-corrected chi connectivity index (χ1v) is 34.8. The van der Waals surface area contributed by atoms with Crippen LogP contribution in [-0.4, -0.2) is 37.2 Å². The van der Waals surface area contributed by atoms with Crippen LogP contribution in [0.5, 0.6) is 0 Å². The minimum absolute atomic E-state index is 0.0829. The summed E-state index contributed by atoms with van der Waals surface area (Å²) in [6, 6.07) is 0. The van der Waals surface area contributed by atoms with E-state index in [1.54, 1.807) is 0 Å². The first-order valence-electron chi connectivity index (χ1n) is 34.8. The molecule has 0 rings (SSSR count). The van der Waals surface area contributed by atoms with Crippen molar-refractivity contribution in [2.45, 2.75) is 374 Å². The normalized spacial score (nSPS) is 12.4. The molecule has 0 spiro atoms. The number of hydrogen-bond acceptors (Lipinski definition) is 6. The van der Waals surface area contributed by atoms with Gasteiger partial charge in [-0.05, 0) is 83.5 Å². The molecule has 0 aromatic heterocycles. The van der Waals surface area contributed by atoms with Gasteiger partial charge in [-0.25, -0.2) is 0 Å². The van der Waals surface area contributed by atoms with Gasteiger partial charge in [-0.1, -0.05) is 326 Å². The second kappa shape index (κ2) is 67.6. The maximum absolute atomic E-state index is 12.9. The van der Waals surface area contributed by atoms with E-state index in [2.05, 4.69) is 81.5 Å². The molecule has 1 atom stereocenters. The van der Waals surface area contributed by atoms with E-state index in [4.69, 9.17) is 14.2 Å². The van der Waals surface area contributed by atoms with Crippen LogP contribution in [0.4, 0.5) is 0 Å². The number of rotatable bonds is 64. The van der Waals surface area contributed by atoms with Crippen molar-refractivity contribution in [1.82, 2.24) is 0 Å². The Morgan fingerprint density at radius 1 is 0.266 bits per heavy atom. The standard InChI is InChI=1S/C73H132O6/c1-4-7-10-13-16-19-22-25-28-30-31-32-33-34-35-36-37-38-39-40-41-43-45-48-51-54-57-60-63-66-72(75)78-69-70(68-77-71(74)65-62-59-56-53-50-47-44-27-24-21-18-15-12-9-6-3)79-73(76)67-64-61-58-55-52-49-46-42-29-26-23-20-17-14-11-8-5-2/h9,12,18,21,27,30-31,44,50,53,70H,4-8,10-11,13-17,19-20,22-26,28-29,32-43,45-49,51-52,54-69H2,1-3H3/b12-9-,21-18-,31-30-,44-27-,53-50-. The van der Waals surface area contributed by atoms with Gasteiger partial charge in [-0.2, -0.15) is 0 Å². The summed E-state index contributed by atoms with van der Waals surface area (Å²) in [4.78, 5) is 38.4. The highest BCUT2D eigenvalue weighted by atomic mass is 16.6. The topological polar surface area (TPSA) is 78.9 Å². The van der Waals surface area contributed by atoms with Gasteiger partial charge in [0.05, 0.1) is 0 Å². The molecule has 0 saturated carbocycles. The fourth-order valence-corrected chi connectivity index (χ4v) is 10.3. The van der Waals surface area contributed by atoms with Crippen LogP contribution in [0.2, 0.25) is 0 Å². The van der Waals surface area contributed by atoms with Crippen LogP contribution in [0.3, 0.4) is 0 Å². The minimum Gasteiger partial charge on any atom is -0.462 e. The second-order valence-corrected chi connectivity index (χ2v) is 23.4. The van der Waals surface area contributed by atoms with E-state index in [0.717, 1.165) is 83.5 Å². The molecule has 0 aliphatic rings. The molecule has 0 aromatic rings. The monoisotopic (exact) mass is 1110 g/mol. The van der Waals surface area contributed by atoms with E-state index in [1.165, 1.54) is 244 Å². The van der Waals surface area contributed by atoms with Crippen LogP contribution in [0, 0.1) is 0 Å². The van der Waals surface area contributed by atoms with Crippen molar-refractivity contribution in [1.29, 1.82) is 0 Å².